The second-order valence-corrected chi connectivity index (χ2v) is 9.64. The Balaban J connectivity index is 1.88. The second kappa shape index (κ2) is 8.12. The molecule has 4 rings (SSSR count). The van der Waals surface area contributed by atoms with Crippen molar-refractivity contribution in [1.82, 2.24) is 15.0 Å². The first-order valence-corrected chi connectivity index (χ1v) is 11.4. The molecule has 4 aromatic rings. The molecule has 0 amide bonds. The zero-order valence-corrected chi connectivity index (χ0v) is 18.1. The van der Waals surface area contributed by atoms with Crippen LogP contribution in [0.5, 0.6) is 0 Å². The number of nitrogens with zero attached hydrogens (tertiary/aromatic N) is 2. The van der Waals surface area contributed by atoms with Gasteiger partial charge in [-0.25, -0.2) is 8.42 Å². The van der Waals surface area contributed by atoms with Crippen LogP contribution in [0.2, 0.25) is 0 Å². The lowest BCUT2D eigenvalue weighted by Crippen LogP contribution is -2.08. The zero-order chi connectivity index (χ0) is 24.9. The van der Waals surface area contributed by atoms with Crippen molar-refractivity contribution in [3.05, 3.63) is 66.0 Å². The molecule has 0 atom stereocenters. The van der Waals surface area contributed by atoms with Crippen molar-refractivity contribution in [2.75, 3.05) is 5.75 Å². The maximum atomic E-state index is 13.1. The molecule has 0 radical (unpaired) electrons. The molecule has 0 bridgehead atoms. The number of pyridine rings is 2. The lowest BCUT2D eigenvalue weighted by molar-refractivity contribution is -0.138. The van der Waals surface area contributed by atoms with Crippen molar-refractivity contribution >= 4 is 20.9 Å². The summed E-state index contributed by atoms with van der Waals surface area (Å²) in [5.74, 6) is -0.329. The van der Waals surface area contributed by atoms with Gasteiger partial charge in [0.2, 0.25) is 0 Å². The normalized spacial score (nSPS) is 12.9. The maximum Gasteiger partial charge on any atom is 0.417 e. The van der Waals surface area contributed by atoms with Crippen LogP contribution in [-0.4, -0.2) is 29.1 Å². The van der Waals surface area contributed by atoms with E-state index in [9.17, 15) is 34.8 Å². The third kappa shape index (κ3) is 4.49. The molecule has 0 spiro atoms. The first-order chi connectivity index (χ1) is 15.8. The number of hydrogen-bond acceptors (Lipinski definition) is 4. The first kappa shape index (κ1) is 23.7. The van der Waals surface area contributed by atoms with Gasteiger partial charge < -0.3 is 4.98 Å². The topological polar surface area (TPSA) is 75.7 Å². The van der Waals surface area contributed by atoms with Crippen LogP contribution in [0.4, 0.5) is 26.3 Å². The van der Waals surface area contributed by atoms with Crippen LogP contribution in [0.1, 0.15) is 18.1 Å². The van der Waals surface area contributed by atoms with Crippen molar-refractivity contribution < 1.29 is 34.8 Å². The molecule has 0 aliphatic heterocycles. The predicted molar refractivity (Wildman–Crippen MR) is 112 cm³/mol. The van der Waals surface area contributed by atoms with Crippen LogP contribution in [0.3, 0.4) is 0 Å². The minimum Gasteiger partial charge on any atom is -0.352 e. The molecule has 34 heavy (non-hydrogen) atoms. The number of rotatable bonds is 4. The van der Waals surface area contributed by atoms with E-state index in [-0.39, 0.29) is 44.2 Å². The highest BCUT2D eigenvalue weighted by atomic mass is 32.2. The van der Waals surface area contributed by atoms with E-state index < -0.39 is 33.3 Å². The fourth-order valence-electron chi connectivity index (χ4n) is 3.36. The standard InChI is InChI=1S/C22H15F6N3O2S/c1-2-34(32,33)19-7-13(12-4-3-5-14(6-12)21(23,24)25)10-30-20(19)18-9-16-17(31-18)8-15(11-29-16)22(26,27)28/h3-11,31H,2H2,1H3. The van der Waals surface area contributed by atoms with Gasteiger partial charge in [0.15, 0.2) is 9.84 Å². The number of fused-ring (bicyclic) bond motifs is 1. The fourth-order valence-corrected chi connectivity index (χ4v) is 4.44. The third-order valence-electron chi connectivity index (χ3n) is 5.14. The minimum atomic E-state index is -4.62. The van der Waals surface area contributed by atoms with E-state index in [1.165, 1.54) is 37.4 Å². The van der Waals surface area contributed by atoms with Crippen molar-refractivity contribution in [3.8, 4) is 22.5 Å². The number of alkyl halides is 6. The third-order valence-corrected chi connectivity index (χ3v) is 6.88. The molecule has 0 saturated heterocycles. The Morgan fingerprint density at radius 1 is 0.853 bits per heavy atom. The van der Waals surface area contributed by atoms with Gasteiger partial charge in [0.1, 0.15) is 5.69 Å². The number of halogens is 6. The molecule has 178 valence electrons. The van der Waals surface area contributed by atoms with E-state index in [1.54, 1.807) is 0 Å². The average molecular weight is 499 g/mol. The fraction of sp³-hybridized carbons (Fsp3) is 0.182. The van der Waals surface area contributed by atoms with Gasteiger partial charge in [0.05, 0.1) is 38.5 Å². The zero-order valence-electron chi connectivity index (χ0n) is 17.3. The van der Waals surface area contributed by atoms with Gasteiger partial charge in [-0.05, 0) is 35.9 Å². The number of sulfone groups is 1. The average Bonchev–Trinajstić information content (AvgIpc) is 3.21. The quantitative estimate of drug-likeness (QED) is 0.343. The van der Waals surface area contributed by atoms with Crippen LogP contribution >= 0.6 is 0 Å². The van der Waals surface area contributed by atoms with Crippen molar-refractivity contribution in [1.29, 1.82) is 0 Å². The molecular formula is C22H15F6N3O2S. The Morgan fingerprint density at radius 3 is 2.21 bits per heavy atom. The summed E-state index contributed by atoms with van der Waals surface area (Å²) in [6.45, 7) is 1.39. The Labute approximate surface area is 189 Å². The van der Waals surface area contributed by atoms with E-state index in [0.29, 0.717) is 6.20 Å². The van der Waals surface area contributed by atoms with Gasteiger partial charge in [0.25, 0.3) is 0 Å². The van der Waals surface area contributed by atoms with Gasteiger partial charge in [-0.2, -0.15) is 26.3 Å². The van der Waals surface area contributed by atoms with Crippen LogP contribution < -0.4 is 0 Å². The number of hydrogen-bond donors (Lipinski definition) is 1. The predicted octanol–water partition coefficient (Wildman–Crippen LogP) is 6.12. The summed E-state index contributed by atoms with van der Waals surface area (Å²) in [7, 11) is -3.92. The van der Waals surface area contributed by atoms with Gasteiger partial charge in [-0.3, -0.25) is 9.97 Å². The molecule has 3 aromatic heterocycles. The summed E-state index contributed by atoms with van der Waals surface area (Å²) in [5.41, 5.74) is -1.45. The molecule has 3 heterocycles. The van der Waals surface area contributed by atoms with Crippen LogP contribution in [0.15, 0.2) is 59.8 Å². The van der Waals surface area contributed by atoms with Crippen molar-refractivity contribution in [2.45, 2.75) is 24.2 Å². The Bertz CT molecular complexity index is 1490. The maximum absolute atomic E-state index is 13.1. The number of nitrogens with one attached hydrogen (secondary N) is 1. The van der Waals surface area contributed by atoms with Crippen molar-refractivity contribution in [2.24, 2.45) is 0 Å². The second-order valence-electron chi connectivity index (χ2n) is 7.39. The van der Waals surface area contributed by atoms with E-state index >= 15 is 0 Å². The molecule has 12 heteroatoms. The summed E-state index contributed by atoms with van der Waals surface area (Å²) in [4.78, 5) is 10.4. The molecule has 0 unspecified atom stereocenters. The van der Waals surface area contributed by atoms with E-state index in [4.69, 9.17) is 0 Å². The summed E-state index contributed by atoms with van der Waals surface area (Å²) >= 11 is 0. The minimum absolute atomic E-state index is 0.0217. The molecule has 0 aliphatic carbocycles. The van der Waals surface area contributed by atoms with Gasteiger partial charge >= 0.3 is 12.4 Å². The lowest BCUT2D eigenvalue weighted by Gasteiger charge is -2.12. The molecule has 1 aromatic carbocycles. The van der Waals surface area contributed by atoms with E-state index in [0.717, 1.165) is 18.2 Å². The highest BCUT2D eigenvalue weighted by molar-refractivity contribution is 7.91. The van der Waals surface area contributed by atoms with Gasteiger partial charge in [-0.15, -0.1) is 0 Å². The molecule has 1 N–H and O–H groups in total. The summed E-state index contributed by atoms with van der Waals surface area (Å²) in [6.07, 6.45) is -7.34. The summed E-state index contributed by atoms with van der Waals surface area (Å²) < 4.78 is 104. The molecule has 0 saturated carbocycles. The van der Waals surface area contributed by atoms with Gasteiger partial charge in [-0.1, -0.05) is 19.1 Å². The Morgan fingerprint density at radius 2 is 1.56 bits per heavy atom. The molecular weight excluding hydrogens is 484 g/mol. The SMILES string of the molecule is CCS(=O)(=O)c1cc(-c2cccc(C(F)(F)F)c2)cnc1-c1cc2ncc(C(F)(F)F)cc2[nH]1. The van der Waals surface area contributed by atoms with Crippen molar-refractivity contribution in [3.63, 3.8) is 0 Å². The highest BCUT2D eigenvalue weighted by Gasteiger charge is 2.32. The number of benzene rings is 1. The Kier molecular flexibility index (Phi) is 5.67. The van der Waals surface area contributed by atoms with Crippen LogP contribution in [-0.2, 0) is 22.2 Å². The number of aromatic nitrogens is 3. The highest BCUT2D eigenvalue weighted by Crippen LogP contribution is 2.36. The monoisotopic (exact) mass is 499 g/mol. The van der Waals surface area contributed by atoms with E-state index in [2.05, 4.69) is 15.0 Å². The summed E-state index contributed by atoms with van der Waals surface area (Å²) in [6, 6.07) is 7.76. The smallest absolute Gasteiger partial charge is 0.352 e. The van der Waals surface area contributed by atoms with Gasteiger partial charge in [0, 0.05) is 18.0 Å². The molecule has 0 aliphatic rings. The van der Waals surface area contributed by atoms with E-state index in [1.807, 2.05) is 0 Å². The lowest BCUT2D eigenvalue weighted by atomic mass is 10.0. The number of H-pyrrole nitrogens is 1. The van der Waals surface area contributed by atoms with Crippen LogP contribution in [0, 0.1) is 0 Å². The first-order valence-electron chi connectivity index (χ1n) is 9.76. The largest absolute Gasteiger partial charge is 0.417 e. The van der Waals surface area contributed by atoms with Crippen LogP contribution in [0.25, 0.3) is 33.5 Å². The molecule has 0 fully saturated rings. The Hall–Kier alpha value is -3.41. The molecule has 5 nitrogen and oxygen atoms in total. The number of aromatic amines is 1. The summed E-state index contributed by atoms with van der Waals surface area (Å²) in [5, 5.41) is 0.